The van der Waals surface area contributed by atoms with Crippen molar-refractivity contribution in [1.29, 1.82) is 0 Å². The Bertz CT molecular complexity index is 678. The van der Waals surface area contributed by atoms with Gasteiger partial charge in [0.2, 0.25) is 10.0 Å². The van der Waals surface area contributed by atoms with E-state index in [1.165, 1.54) is 12.1 Å². The molecule has 1 aromatic rings. The summed E-state index contributed by atoms with van der Waals surface area (Å²) in [6.45, 7) is 1.39. The van der Waals surface area contributed by atoms with E-state index in [1.54, 1.807) is 0 Å². The largest absolute Gasteiger partial charge is 0.478 e. The zero-order chi connectivity index (χ0) is 15.8. The number of likely N-dealkylation sites (tertiary alicyclic amines) is 1. The highest BCUT2D eigenvalue weighted by molar-refractivity contribution is 7.89. The third-order valence-corrected chi connectivity index (χ3v) is 5.65. The molecule has 1 unspecified atom stereocenters. The summed E-state index contributed by atoms with van der Waals surface area (Å²) in [4.78, 5) is 12.8. The summed E-state index contributed by atoms with van der Waals surface area (Å²) in [5.74, 6) is -1.37. The van der Waals surface area contributed by atoms with Crippen LogP contribution in [0.4, 0.5) is 0 Å². The highest BCUT2D eigenvalue weighted by atomic mass is 35.5. The molecular formula is C12H14Cl2N2O4S. The standard InChI is InChI=1S/C12H14Cl2N2O4S/c1-16-5-4-7(6-16)15-21(19,20)9-3-2-8(13)10(11(9)14)12(17)18/h2-3,7,15H,4-6H2,1H3,(H,17,18). The molecule has 1 aliphatic heterocycles. The Balaban J connectivity index is 2.37. The van der Waals surface area contributed by atoms with Crippen molar-refractivity contribution >= 4 is 39.2 Å². The molecule has 21 heavy (non-hydrogen) atoms. The summed E-state index contributed by atoms with van der Waals surface area (Å²) in [5.41, 5.74) is -0.412. The van der Waals surface area contributed by atoms with Crippen LogP contribution < -0.4 is 4.72 Å². The van der Waals surface area contributed by atoms with E-state index in [4.69, 9.17) is 28.3 Å². The molecule has 1 atom stereocenters. The van der Waals surface area contributed by atoms with E-state index in [0.29, 0.717) is 13.0 Å². The van der Waals surface area contributed by atoms with Gasteiger partial charge in [-0.1, -0.05) is 23.2 Å². The number of halogens is 2. The molecule has 6 nitrogen and oxygen atoms in total. The quantitative estimate of drug-likeness (QED) is 0.860. The van der Waals surface area contributed by atoms with Crippen LogP contribution in [-0.2, 0) is 10.0 Å². The van der Waals surface area contributed by atoms with Crippen molar-refractivity contribution in [2.45, 2.75) is 17.4 Å². The number of nitrogens with one attached hydrogen (secondary N) is 1. The molecule has 9 heteroatoms. The van der Waals surface area contributed by atoms with Crippen LogP contribution in [0, 0.1) is 0 Å². The number of benzene rings is 1. The molecule has 0 amide bonds. The van der Waals surface area contributed by atoms with Gasteiger partial charge in [0.15, 0.2) is 0 Å². The van der Waals surface area contributed by atoms with Crippen LogP contribution >= 0.6 is 23.2 Å². The molecule has 0 bridgehead atoms. The molecule has 1 aliphatic rings. The van der Waals surface area contributed by atoms with Gasteiger partial charge in [0, 0.05) is 12.6 Å². The summed E-state index contributed by atoms with van der Waals surface area (Å²) < 4.78 is 27.2. The van der Waals surface area contributed by atoms with E-state index in [0.717, 1.165) is 6.54 Å². The van der Waals surface area contributed by atoms with Gasteiger partial charge >= 0.3 is 5.97 Å². The second-order valence-corrected chi connectivity index (χ2v) is 7.38. The number of carboxylic acids is 1. The van der Waals surface area contributed by atoms with Crippen LogP contribution in [0.25, 0.3) is 0 Å². The summed E-state index contributed by atoms with van der Waals surface area (Å²) in [5, 5.41) is 8.58. The predicted octanol–water partition coefficient (Wildman–Crippen LogP) is 1.67. The summed E-state index contributed by atoms with van der Waals surface area (Å²) >= 11 is 11.7. The lowest BCUT2D eigenvalue weighted by atomic mass is 10.2. The normalized spacial score (nSPS) is 19.9. The first-order valence-corrected chi connectivity index (χ1v) is 8.38. The second kappa shape index (κ2) is 6.10. The number of nitrogens with zero attached hydrogens (tertiary/aromatic N) is 1. The van der Waals surface area contributed by atoms with Gasteiger partial charge in [-0.05, 0) is 32.1 Å². The van der Waals surface area contributed by atoms with Crippen molar-refractivity contribution < 1.29 is 18.3 Å². The first-order chi connectivity index (χ1) is 9.72. The van der Waals surface area contributed by atoms with Crippen LogP contribution in [0.5, 0.6) is 0 Å². The Kier molecular flexibility index (Phi) is 4.79. The van der Waals surface area contributed by atoms with Crippen LogP contribution in [0.1, 0.15) is 16.8 Å². The molecule has 1 saturated heterocycles. The highest BCUT2D eigenvalue weighted by Gasteiger charge is 2.29. The molecule has 1 heterocycles. The first-order valence-electron chi connectivity index (χ1n) is 6.14. The molecule has 1 aromatic carbocycles. The lowest BCUT2D eigenvalue weighted by Crippen LogP contribution is -2.36. The fourth-order valence-corrected chi connectivity index (χ4v) is 4.43. The first kappa shape index (κ1) is 16.5. The third kappa shape index (κ3) is 3.49. The zero-order valence-electron chi connectivity index (χ0n) is 11.1. The molecule has 116 valence electrons. The minimum Gasteiger partial charge on any atom is -0.478 e. The van der Waals surface area contributed by atoms with Crippen molar-refractivity contribution in [1.82, 2.24) is 9.62 Å². The summed E-state index contributed by atoms with van der Waals surface area (Å²) in [6, 6.07) is 2.20. The van der Waals surface area contributed by atoms with Gasteiger partial charge in [-0.25, -0.2) is 17.9 Å². The average Bonchev–Trinajstić information content (AvgIpc) is 2.72. The van der Waals surface area contributed by atoms with Gasteiger partial charge in [0.05, 0.1) is 15.6 Å². The van der Waals surface area contributed by atoms with Crippen molar-refractivity contribution in [2.24, 2.45) is 0 Å². The lowest BCUT2D eigenvalue weighted by Gasteiger charge is -2.15. The van der Waals surface area contributed by atoms with Crippen molar-refractivity contribution in [3.63, 3.8) is 0 Å². The number of rotatable bonds is 4. The Hall–Kier alpha value is -0.860. The van der Waals surface area contributed by atoms with Gasteiger partial charge in [-0.2, -0.15) is 0 Å². The van der Waals surface area contributed by atoms with Crippen molar-refractivity contribution in [3.05, 3.63) is 27.7 Å². The fraction of sp³-hybridized carbons (Fsp3) is 0.417. The van der Waals surface area contributed by atoms with Crippen LogP contribution in [0.15, 0.2) is 17.0 Å². The number of aromatic carboxylic acids is 1. The molecule has 0 radical (unpaired) electrons. The fourth-order valence-electron chi connectivity index (χ4n) is 2.25. The molecule has 0 spiro atoms. The minimum atomic E-state index is -3.90. The van der Waals surface area contributed by atoms with Crippen molar-refractivity contribution in [3.8, 4) is 0 Å². The number of likely N-dealkylation sites (N-methyl/N-ethyl adjacent to an activating group) is 1. The molecule has 0 aromatic heterocycles. The van der Waals surface area contributed by atoms with E-state index in [1.807, 2.05) is 11.9 Å². The SMILES string of the molecule is CN1CCC(NS(=O)(=O)c2ccc(Cl)c(C(=O)O)c2Cl)C1. The summed E-state index contributed by atoms with van der Waals surface area (Å²) in [7, 11) is -2.01. The maximum Gasteiger partial charge on any atom is 0.338 e. The second-order valence-electron chi connectivity index (χ2n) is 4.91. The van der Waals surface area contributed by atoms with E-state index < -0.39 is 21.6 Å². The van der Waals surface area contributed by atoms with Gasteiger partial charge in [-0.3, -0.25) is 0 Å². The predicted molar refractivity (Wildman–Crippen MR) is 79.6 cm³/mol. The zero-order valence-corrected chi connectivity index (χ0v) is 13.5. The average molecular weight is 353 g/mol. The number of carbonyl (C=O) groups is 1. The maximum absolute atomic E-state index is 12.4. The molecule has 0 aliphatic carbocycles. The molecule has 2 rings (SSSR count). The lowest BCUT2D eigenvalue weighted by molar-refractivity contribution is 0.0697. The Morgan fingerprint density at radius 3 is 2.62 bits per heavy atom. The minimum absolute atomic E-state index is 0.105. The Morgan fingerprint density at radius 2 is 2.10 bits per heavy atom. The van der Waals surface area contributed by atoms with Gasteiger partial charge in [0.1, 0.15) is 4.90 Å². The third-order valence-electron chi connectivity index (χ3n) is 3.27. The van der Waals surface area contributed by atoms with E-state index in [-0.39, 0.29) is 21.0 Å². The maximum atomic E-state index is 12.4. The van der Waals surface area contributed by atoms with Crippen LogP contribution in [0.3, 0.4) is 0 Å². The monoisotopic (exact) mass is 352 g/mol. The molecule has 0 saturated carbocycles. The van der Waals surface area contributed by atoms with Gasteiger partial charge < -0.3 is 10.0 Å². The van der Waals surface area contributed by atoms with Crippen LogP contribution in [0.2, 0.25) is 10.0 Å². The Labute approximate surface area is 132 Å². The van der Waals surface area contributed by atoms with E-state index >= 15 is 0 Å². The molecular weight excluding hydrogens is 339 g/mol. The number of carboxylic acid groups (broad SMARTS) is 1. The topological polar surface area (TPSA) is 86.7 Å². The van der Waals surface area contributed by atoms with E-state index in [9.17, 15) is 13.2 Å². The molecule has 1 fully saturated rings. The molecule has 2 N–H and O–H groups in total. The number of hydrogen-bond donors (Lipinski definition) is 2. The van der Waals surface area contributed by atoms with Crippen molar-refractivity contribution in [2.75, 3.05) is 20.1 Å². The Morgan fingerprint density at radius 1 is 1.43 bits per heavy atom. The number of hydrogen-bond acceptors (Lipinski definition) is 4. The highest BCUT2D eigenvalue weighted by Crippen LogP contribution is 2.31. The van der Waals surface area contributed by atoms with E-state index in [2.05, 4.69) is 4.72 Å². The van der Waals surface area contributed by atoms with Gasteiger partial charge in [-0.15, -0.1) is 0 Å². The van der Waals surface area contributed by atoms with Gasteiger partial charge in [0.25, 0.3) is 0 Å². The summed E-state index contributed by atoms with van der Waals surface area (Å²) in [6.07, 6.45) is 0.687. The number of sulfonamides is 1. The van der Waals surface area contributed by atoms with Crippen LogP contribution in [-0.4, -0.2) is 50.6 Å². The smallest absolute Gasteiger partial charge is 0.338 e.